The summed E-state index contributed by atoms with van der Waals surface area (Å²) in [5, 5.41) is 16.6. The van der Waals surface area contributed by atoms with Crippen LogP contribution in [0.2, 0.25) is 0 Å². The molecule has 1 aliphatic rings. The average Bonchev–Trinajstić information content (AvgIpc) is 3.36. The summed E-state index contributed by atoms with van der Waals surface area (Å²) in [7, 11) is 0. The number of thioether (sulfide) groups is 1. The van der Waals surface area contributed by atoms with E-state index in [2.05, 4.69) is 48.7 Å². The number of fused-ring (bicyclic) bond motifs is 1. The SMILES string of the molecule is CCOc1ccc(N/C(SCc2ccc(C)cc2C)=C(/C#N)C(=O)NCc2ccc3c(c2)OCO3)cc1. The number of nitrogens with zero attached hydrogens (tertiary/aromatic N) is 1. The highest BCUT2D eigenvalue weighted by Gasteiger charge is 2.18. The number of anilines is 1. The molecular weight excluding hydrogens is 486 g/mol. The van der Waals surface area contributed by atoms with Gasteiger partial charge in [0.2, 0.25) is 6.79 Å². The lowest BCUT2D eigenvalue weighted by Gasteiger charge is -2.15. The zero-order valence-corrected chi connectivity index (χ0v) is 21.9. The molecule has 7 nitrogen and oxygen atoms in total. The molecule has 2 N–H and O–H groups in total. The summed E-state index contributed by atoms with van der Waals surface area (Å²) in [6, 6.07) is 21.3. The Balaban J connectivity index is 1.55. The predicted molar refractivity (Wildman–Crippen MR) is 145 cm³/mol. The second-order valence-corrected chi connectivity index (χ2v) is 9.47. The van der Waals surface area contributed by atoms with Crippen LogP contribution in [0.25, 0.3) is 0 Å². The Kier molecular flexibility index (Phi) is 8.60. The average molecular weight is 516 g/mol. The fourth-order valence-corrected chi connectivity index (χ4v) is 4.88. The molecule has 4 rings (SSSR count). The summed E-state index contributed by atoms with van der Waals surface area (Å²) in [4.78, 5) is 13.2. The van der Waals surface area contributed by atoms with E-state index in [4.69, 9.17) is 14.2 Å². The van der Waals surface area contributed by atoms with Crippen LogP contribution in [0.1, 0.15) is 29.2 Å². The maximum Gasteiger partial charge on any atom is 0.264 e. The number of benzene rings is 3. The van der Waals surface area contributed by atoms with Crippen LogP contribution in [0.3, 0.4) is 0 Å². The Morgan fingerprint density at radius 2 is 1.84 bits per heavy atom. The van der Waals surface area contributed by atoms with E-state index in [1.54, 1.807) is 0 Å². The smallest absolute Gasteiger partial charge is 0.264 e. The number of rotatable bonds is 10. The standard InChI is InChI=1S/C29H29N3O4S/c1-4-34-24-10-8-23(9-11-24)32-29(37-17-22-7-5-19(2)13-20(22)3)25(15-30)28(33)31-16-21-6-12-26-27(14-21)36-18-35-26/h5-14,32H,4,16-18H2,1-3H3,(H,31,33)/b29-25+. The third-order valence-corrected chi connectivity index (χ3v) is 6.80. The van der Waals surface area contributed by atoms with E-state index >= 15 is 0 Å². The van der Waals surface area contributed by atoms with Gasteiger partial charge in [-0.2, -0.15) is 5.26 Å². The van der Waals surface area contributed by atoms with Crippen molar-refractivity contribution >= 4 is 23.4 Å². The van der Waals surface area contributed by atoms with Crippen LogP contribution >= 0.6 is 11.8 Å². The molecule has 1 aliphatic heterocycles. The number of ether oxygens (including phenoxy) is 3. The van der Waals surface area contributed by atoms with Crippen molar-refractivity contribution < 1.29 is 19.0 Å². The third-order valence-electron chi connectivity index (χ3n) is 5.75. The van der Waals surface area contributed by atoms with Gasteiger partial charge < -0.3 is 24.8 Å². The molecule has 8 heteroatoms. The Morgan fingerprint density at radius 3 is 2.57 bits per heavy atom. The van der Waals surface area contributed by atoms with Gasteiger partial charge in [0.25, 0.3) is 5.91 Å². The van der Waals surface area contributed by atoms with Crippen LogP contribution in [0.4, 0.5) is 5.69 Å². The Hall–Kier alpha value is -4.09. The number of nitriles is 1. The lowest BCUT2D eigenvalue weighted by Crippen LogP contribution is -2.25. The first-order valence-electron chi connectivity index (χ1n) is 12.0. The van der Waals surface area contributed by atoms with Crippen molar-refractivity contribution in [2.24, 2.45) is 0 Å². The molecule has 0 saturated heterocycles. The molecule has 0 aromatic heterocycles. The lowest BCUT2D eigenvalue weighted by atomic mass is 10.1. The van der Waals surface area contributed by atoms with Gasteiger partial charge in [-0.05, 0) is 73.9 Å². The minimum Gasteiger partial charge on any atom is -0.494 e. The maximum atomic E-state index is 13.2. The van der Waals surface area contributed by atoms with Crippen molar-refractivity contribution in [3.8, 4) is 23.3 Å². The van der Waals surface area contributed by atoms with Crippen molar-refractivity contribution in [2.75, 3.05) is 18.7 Å². The van der Waals surface area contributed by atoms with Gasteiger partial charge in [-0.15, -0.1) is 11.8 Å². The van der Waals surface area contributed by atoms with Gasteiger partial charge in [0, 0.05) is 18.0 Å². The van der Waals surface area contributed by atoms with Gasteiger partial charge >= 0.3 is 0 Å². The van der Waals surface area contributed by atoms with Gasteiger partial charge in [-0.1, -0.05) is 29.8 Å². The summed E-state index contributed by atoms with van der Waals surface area (Å²) < 4.78 is 16.3. The summed E-state index contributed by atoms with van der Waals surface area (Å²) in [5.74, 6) is 2.22. The molecule has 0 radical (unpaired) electrons. The first-order chi connectivity index (χ1) is 18.0. The molecule has 3 aromatic carbocycles. The molecule has 0 spiro atoms. The zero-order chi connectivity index (χ0) is 26.2. The highest BCUT2D eigenvalue weighted by atomic mass is 32.2. The maximum absolute atomic E-state index is 13.2. The van der Waals surface area contributed by atoms with E-state index in [0.29, 0.717) is 28.9 Å². The normalized spacial score (nSPS) is 12.4. The predicted octanol–water partition coefficient (Wildman–Crippen LogP) is 5.83. The molecule has 1 heterocycles. The van der Waals surface area contributed by atoms with Crippen LogP contribution in [0, 0.1) is 25.2 Å². The fraction of sp³-hybridized carbons (Fsp3) is 0.241. The van der Waals surface area contributed by atoms with Crippen molar-refractivity contribution in [3.05, 3.63) is 93.5 Å². The van der Waals surface area contributed by atoms with E-state index in [1.807, 2.05) is 49.4 Å². The van der Waals surface area contributed by atoms with E-state index in [0.717, 1.165) is 22.6 Å². The number of hydrogen-bond acceptors (Lipinski definition) is 7. The topological polar surface area (TPSA) is 92.6 Å². The Bertz CT molecular complexity index is 1350. The molecule has 0 aliphatic carbocycles. The number of carbonyl (C=O) groups excluding carboxylic acids is 1. The van der Waals surface area contributed by atoms with E-state index in [-0.39, 0.29) is 18.9 Å². The van der Waals surface area contributed by atoms with Gasteiger partial charge in [0.1, 0.15) is 17.4 Å². The van der Waals surface area contributed by atoms with Crippen LogP contribution in [0.5, 0.6) is 17.2 Å². The Labute approximate surface area is 221 Å². The molecule has 0 atom stereocenters. The monoisotopic (exact) mass is 515 g/mol. The number of aryl methyl sites for hydroxylation is 2. The van der Waals surface area contributed by atoms with Crippen molar-refractivity contribution in [3.63, 3.8) is 0 Å². The van der Waals surface area contributed by atoms with Crippen LogP contribution in [-0.4, -0.2) is 19.3 Å². The number of carbonyl (C=O) groups is 1. The highest BCUT2D eigenvalue weighted by molar-refractivity contribution is 8.02. The summed E-state index contributed by atoms with van der Waals surface area (Å²) in [6.45, 7) is 7.06. The van der Waals surface area contributed by atoms with E-state index in [1.165, 1.54) is 22.9 Å². The third kappa shape index (κ3) is 6.78. The highest BCUT2D eigenvalue weighted by Crippen LogP contribution is 2.33. The fourth-order valence-electron chi connectivity index (χ4n) is 3.79. The molecule has 1 amide bonds. The molecule has 0 unspecified atom stereocenters. The summed E-state index contributed by atoms with van der Waals surface area (Å²) in [6.07, 6.45) is 0. The Morgan fingerprint density at radius 1 is 1.05 bits per heavy atom. The number of hydrogen-bond donors (Lipinski definition) is 2. The molecule has 0 fully saturated rings. The van der Waals surface area contributed by atoms with Crippen molar-refractivity contribution in [2.45, 2.75) is 33.1 Å². The van der Waals surface area contributed by atoms with Gasteiger partial charge in [-0.3, -0.25) is 4.79 Å². The van der Waals surface area contributed by atoms with Crippen LogP contribution in [-0.2, 0) is 17.1 Å². The lowest BCUT2D eigenvalue weighted by molar-refractivity contribution is -0.117. The first kappa shape index (κ1) is 26.0. The zero-order valence-electron chi connectivity index (χ0n) is 21.1. The van der Waals surface area contributed by atoms with Crippen molar-refractivity contribution in [1.29, 1.82) is 5.26 Å². The summed E-state index contributed by atoms with van der Waals surface area (Å²) >= 11 is 1.42. The molecule has 3 aromatic rings. The van der Waals surface area contributed by atoms with Gasteiger partial charge in [0.05, 0.1) is 11.6 Å². The molecule has 0 bridgehead atoms. The molecule has 0 saturated carbocycles. The van der Waals surface area contributed by atoms with Gasteiger partial charge in [0.15, 0.2) is 11.5 Å². The van der Waals surface area contributed by atoms with E-state index in [9.17, 15) is 10.1 Å². The minimum atomic E-state index is -0.457. The number of nitrogens with one attached hydrogen (secondary N) is 2. The first-order valence-corrected chi connectivity index (χ1v) is 12.9. The van der Waals surface area contributed by atoms with Crippen LogP contribution < -0.4 is 24.8 Å². The van der Waals surface area contributed by atoms with Gasteiger partial charge in [-0.25, -0.2) is 0 Å². The quantitative estimate of drug-likeness (QED) is 0.259. The molecular formula is C29H29N3O4S. The second kappa shape index (κ2) is 12.2. The largest absolute Gasteiger partial charge is 0.494 e. The van der Waals surface area contributed by atoms with Crippen LogP contribution in [0.15, 0.2) is 71.3 Å². The molecule has 190 valence electrons. The molecule has 37 heavy (non-hydrogen) atoms. The summed E-state index contributed by atoms with van der Waals surface area (Å²) in [5.41, 5.74) is 5.11. The number of amides is 1. The minimum absolute atomic E-state index is 0.0180. The van der Waals surface area contributed by atoms with E-state index < -0.39 is 5.91 Å². The van der Waals surface area contributed by atoms with Crippen molar-refractivity contribution in [1.82, 2.24) is 5.32 Å². The second-order valence-electron chi connectivity index (χ2n) is 8.49.